The van der Waals surface area contributed by atoms with Crippen LogP contribution in [0.4, 0.5) is 4.79 Å². The molecule has 1 N–H and O–H groups in total. The molecule has 0 bridgehead atoms. The lowest BCUT2D eigenvalue weighted by molar-refractivity contribution is -0.117. The maximum Gasteiger partial charge on any atom is 0.410 e. The molecule has 8 nitrogen and oxygen atoms in total. The molecule has 4 fully saturated rings. The molecule has 0 aromatic heterocycles. The number of ether oxygens (including phenoxy) is 3. The minimum absolute atomic E-state index is 0.0495. The Morgan fingerprint density at radius 3 is 2.46 bits per heavy atom. The first-order valence-corrected chi connectivity index (χ1v) is 14.8. The van der Waals surface area contributed by atoms with E-state index in [9.17, 15) is 9.59 Å². The van der Waals surface area contributed by atoms with E-state index < -0.39 is 6.10 Å². The zero-order valence-electron chi connectivity index (χ0n) is 24.6. The number of allylic oxidation sites excluding steroid dienone is 3. The van der Waals surface area contributed by atoms with Gasteiger partial charge in [-0.15, -0.1) is 0 Å². The highest BCUT2D eigenvalue weighted by molar-refractivity contribution is 5.87. The van der Waals surface area contributed by atoms with Crippen molar-refractivity contribution in [1.82, 2.24) is 15.1 Å². The molecule has 2 amide bonds. The van der Waals surface area contributed by atoms with Gasteiger partial charge < -0.3 is 29.3 Å². The van der Waals surface area contributed by atoms with Gasteiger partial charge in [0.25, 0.3) is 0 Å². The Hall–Kier alpha value is -2.16. The molecule has 3 aliphatic heterocycles. The number of hydrogen-bond acceptors (Lipinski definition) is 6. The van der Waals surface area contributed by atoms with Crippen molar-refractivity contribution in [3.8, 4) is 0 Å². The molecule has 0 unspecified atom stereocenters. The average Bonchev–Trinajstić information content (AvgIpc) is 3.62. The van der Waals surface area contributed by atoms with E-state index in [1.165, 1.54) is 11.6 Å². The SMILES string of the molecule is CC(/C=C/[C@@H]1C[C@]2(CO2)CC(C)(C)O1)=C\C[C@H]1CC[C@H](NC(=O)/C=C\[C@H](C)OC(=O)N2CCN(C)CC2)CC1. The van der Waals surface area contributed by atoms with E-state index in [1.54, 1.807) is 17.9 Å². The van der Waals surface area contributed by atoms with Gasteiger partial charge in [-0.3, -0.25) is 4.79 Å². The van der Waals surface area contributed by atoms with Gasteiger partial charge in [-0.25, -0.2) is 4.79 Å². The topological polar surface area (TPSA) is 83.6 Å². The third kappa shape index (κ3) is 9.47. The molecule has 1 saturated carbocycles. The summed E-state index contributed by atoms with van der Waals surface area (Å²) in [5.41, 5.74) is 1.19. The van der Waals surface area contributed by atoms with Crippen molar-refractivity contribution in [2.24, 2.45) is 5.92 Å². The normalized spacial score (nSPS) is 32.5. The first-order valence-electron chi connectivity index (χ1n) is 14.8. The Morgan fingerprint density at radius 2 is 1.79 bits per heavy atom. The minimum Gasteiger partial charge on any atom is -0.442 e. The summed E-state index contributed by atoms with van der Waals surface area (Å²) >= 11 is 0. The van der Waals surface area contributed by atoms with Gasteiger partial charge in [0.05, 0.1) is 23.9 Å². The zero-order chi connectivity index (χ0) is 28.0. The predicted octanol–water partition coefficient (Wildman–Crippen LogP) is 4.61. The summed E-state index contributed by atoms with van der Waals surface area (Å²) in [4.78, 5) is 28.6. The maximum absolute atomic E-state index is 12.4. The number of nitrogens with zero attached hydrogens (tertiary/aromatic N) is 2. The number of carbonyl (C=O) groups excluding carboxylic acids is 2. The fourth-order valence-corrected chi connectivity index (χ4v) is 6.09. The molecule has 0 aromatic carbocycles. The summed E-state index contributed by atoms with van der Waals surface area (Å²) < 4.78 is 17.5. The van der Waals surface area contributed by atoms with Crippen LogP contribution < -0.4 is 5.32 Å². The van der Waals surface area contributed by atoms with Crippen LogP contribution in [0.15, 0.2) is 36.0 Å². The summed E-state index contributed by atoms with van der Waals surface area (Å²) in [6.45, 7) is 12.2. The summed E-state index contributed by atoms with van der Waals surface area (Å²) in [6.07, 6.45) is 16.5. The van der Waals surface area contributed by atoms with Crippen molar-refractivity contribution in [3.05, 3.63) is 36.0 Å². The third-order valence-electron chi connectivity index (χ3n) is 8.45. The molecule has 8 heteroatoms. The van der Waals surface area contributed by atoms with Crippen LogP contribution in [-0.2, 0) is 19.0 Å². The van der Waals surface area contributed by atoms with Gasteiger partial charge in [0.1, 0.15) is 6.10 Å². The van der Waals surface area contributed by atoms with Crippen LogP contribution >= 0.6 is 0 Å². The maximum atomic E-state index is 12.4. The fraction of sp³-hybridized carbons (Fsp3) is 0.742. The second-order valence-corrected chi connectivity index (χ2v) is 12.8. The Morgan fingerprint density at radius 1 is 1.10 bits per heavy atom. The van der Waals surface area contributed by atoms with Crippen molar-refractivity contribution < 1.29 is 23.8 Å². The van der Waals surface area contributed by atoms with Crippen LogP contribution in [-0.4, -0.2) is 91.1 Å². The van der Waals surface area contributed by atoms with Gasteiger partial charge in [0.2, 0.25) is 5.91 Å². The quantitative estimate of drug-likeness (QED) is 0.274. The molecule has 3 heterocycles. The molecule has 3 atom stereocenters. The zero-order valence-corrected chi connectivity index (χ0v) is 24.6. The summed E-state index contributed by atoms with van der Waals surface area (Å²) in [5, 5.41) is 3.12. The van der Waals surface area contributed by atoms with Crippen molar-refractivity contribution in [2.75, 3.05) is 39.8 Å². The highest BCUT2D eigenvalue weighted by Crippen LogP contribution is 2.46. The summed E-state index contributed by atoms with van der Waals surface area (Å²) in [5.74, 6) is 0.535. The van der Waals surface area contributed by atoms with E-state index in [2.05, 4.69) is 49.2 Å². The number of likely N-dealkylation sites (N-methyl/N-ethyl adjacent to an activating group) is 1. The molecule has 39 heavy (non-hydrogen) atoms. The van der Waals surface area contributed by atoms with E-state index in [4.69, 9.17) is 14.2 Å². The molecule has 1 spiro atoms. The lowest BCUT2D eigenvalue weighted by Gasteiger charge is -2.38. The van der Waals surface area contributed by atoms with Crippen LogP contribution in [0.1, 0.15) is 72.6 Å². The summed E-state index contributed by atoms with van der Waals surface area (Å²) in [6, 6.07) is 0.204. The van der Waals surface area contributed by atoms with Gasteiger partial charge in [-0.1, -0.05) is 23.8 Å². The summed E-state index contributed by atoms with van der Waals surface area (Å²) in [7, 11) is 2.05. The number of amides is 2. The molecule has 218 valence electrons. The highest BCUT2D eigenvalue weighted by atomic mass is 16.6. The van der Waals surface area contributed by atoms with Crippen LogP contribution in [0.5, 0.6) is 0 Å². The largest absolute Gasteiger partial charge is 0.442 e. The standard InChI is InChI=1S/C31H49N3O5/c1-23(7-14-27-20-31(22-37-31)21-30(3,4)39-27)6-9-25-10-12-26(13-11-25)32-28(35)15-8-24(2)38-29(36)34-18-16-33(5)17-19-34/h6-8,14-15,24-27H,9-13,16-22H2,1-5H3,(H,32,35)/b14-7+,15-8-,23-6+/t24-,25-,26-,27+,31+/m0/s1. The van der Waals surface area contributed by atoms with Crippen molar-refractivity contribution >= 4 is 12.0 Å². The number of epoxide rings is 1. The molecular formula is C31H49N3O5. The van der Waals surface area contributed by atoms with E-state index in [-0.39, 0.29) is 35.3 Å². The fourth-order valence-electron chi connectivity index (χ4n) is 6.09. The number of nitrogens with one attached hydrogen (secondary N) is 1. The van der Waals surface area contributed by atoms with Gasteiger partial charge in [0, 0.05) is 51.1 Å². The van der Waals surface area contributed by atoms with Gasteiger partial charge in [-0.05, 0) is 78.8 Å². The van der Waals surface area contributed by atoms with Crippen LogP contribution in [0.25, 0.3) is 0 Å². The Bertz CT molecular complexity index is 932. The van der Waals surface area contributed by atoms with Crippen LogP contribution in [0.3, 0.4) is 0 Å². The first-order chi connectivity index (χ1) is 18.5. The average molecular weight is 544 g/mol. The number of piperazine rings is 1. The lowest BCUT2D eigenvalue weighted by atomic mass is 9.83. The predicted molar refractivity (Wildman–Crippen MR) is 152 cm³/mol. The van der Waals surface area contributed by atoms with E-state index in [0.29, 0.717) is 19.0 Å². The number of hydrogen-bond donors (Lipinski definition) is 1. The molecule has 4 aliphatic rings. The molecule has 1 aliphatic carbocycles. The lowest BCUT2D eigenvalue weighted by Crippen LogP contribution is -2.47. The van der Waals surface area contributed by atoms with Gasteiger partial charge >= 0.3 is 6.09 Å². The van der Waals surface area contributed by atoms with Gasteiger partial charge in [-0.2, -0.15) is 0 Å². The molecule has 0 radical (unpaired) electrons. The molecular weight excluding hydrogens is 494 g/mol. The minimum atomic E-state index is -0.443. The van der Waals surface area contributed by atoms with Gasteiger partial charge in [0.15, 0.2) is 0 Å². The molecule has 0 aromatic rings. The van der Waals surface area contributed by atoms with Crippen LogP contribution in [0, 0.1) is 5.92 Å². The Labute approximate surface area is 234 Å². The molecule has 3 saturated heterocycles. The smallest absolute Gasteiger partial charge is 0.410 e. The van der Waals surface area contributed by atoms with E-state index >= 15 is 0 Å². The molecule has 4 rings (SSSR count). The number of rotatable bonds is 8. The van der Waals surface area contributed by atoms with Crippen molar-refractivity contribution in [1.29, 1.82) is 0 Å². The van der Waals surface area contributed by atoms with Crippen LogP contribution in [0.2, 0.25) is 0 Å². The third-order valence-corrected chi connectivity index (χ3v) is 8.45. The highest BCUT2D eigenvalue weighted by Gasteiger charge is 2.53. The van der Waals surface area contributed by atoms with E-state index in [0.717, 1.165) is 64.6 Å². The van der Waals surface area contributed by atoms with Crippen molar-refractivity contribution in [3.63, 3.8) is 0 Å². The number of carbonyl (C=O) groups is 2. The van der Waals surface area contributed by atoms with Crippen molar-refractivity contribution in [2.45, 2.75) is 102 Å². The second kappa shape index (κ2) is 13.0. The Kier molecular flexibility index (Phi) is 9.94. The van der Waals surface area contributed by atoms with E-state index in [1.807, 2.05) is 7.05 Å². The monoisotopic (exact) mass is 543 g/mol. The first kappa shape index (κ1) is 29.8. The Balaban J connectivity index is 1.11. The second-order valence-electron chi connectivity index (χ2n) is 12.8.